The predicted molar refractivity (Wildman–Crippen MR) is 227 cm³/mol. The van der Waals surface area contributed by atoms with Crippen molar-refractivity contribution < 1.29 is 8.83 Å². The van der Waals surface area contributed by atoms with Crippen molar-refractivity contribution >= 4 is 71.6 Å². The van der Waals surface area contributed by atoms with Crippen LogP contribution in [0, 0.1) is 0 Å². The Morgan fingerprint density at radius 1 is 0.327 bits per heavy atom. The maximum atomic E-state index is 6.75. The van der Waals surface area contributed by atoms with Crippen LogP contribution in [0.4, 0.5) is 17.1 Å². The van der Waals surface area contributed by atoms with E-state index in [0.29, 0.717) is 5.89 Å². The fraction of sp³-hybridized carbons (Fsp3) is 0. The van der Waals surface area contributed by atoms with E-state index in [4.69, 9.17) is 13.8 Å². The topological polar surface area (TPSA) is 42.4 Å². The Kier molecular flexibility index (Phi) is 7.14. The van der Waals surface area contributed by atoms with Gasteiger partial charge in [0.15, 0.2) is 5.58 Å². The Morgan fingerprint density at radius 2 is 0.873 bits per heavy atom. The SMILES string of the molecule is c1ccc(-c2ccc3c(c2)c2cc(-c4ccccc4)ccc2c2oc(-c4ccc(N(c5ccccc5)c5ccc6oc7ccccc7c6c5)cc4)nc32)cc1. The number of hydrogen-bond acceptors (Lipinski definition) is 4. The van der Waals surface area contributed by atoms with Crippen LogP contribution < -0.4 is 4.90 Å². The summed E-state index contributed by atoms with van der Waals surface area (Å²) in [5.41, 5.74) is 12.1. The molecule has 2 heterocycles. The molecule has 0 N–H and O–H groups in total. The highest BCUT2D eigenvalue weighted by Gasteiger charge is 2.20. The van der Waals surface area contributed by atoms with Crippen LogP contribution in [0.1, 0.15) is 0 Å². The van der Waals surface area contributed by atoms with Gasteiger partial charge in [0, 0.05) is 44.2 Å². The average Bonchev–Trinajstić information content (AvgIpc) is 3.88. The second-order valence-electron chi connectivity index (χ2n) is 13.9. The number of para-hydroxylation sites is 2. The smallest absolute Gasteiger partial charge is 0.227 e. The first kappa shape index (κ1) is 31.1. The van der Waals surface area contributed by atoms with Crippen molar-refractivity contribution in [2.75, 3.05) is 4.90 Å². The number of furan rings is 1. The lowest BCUT2D eigenvalue weighted by atomic mass is 9.94. The number of anilines is 3. The molecule has 0 aliphatic rings. The maximum absolute atomic E-state index is 6.75. The van der Waals surface area contributed by atoms with Crippen LogP contribution in [0.25, 0.3) is 88.3 Å². The first-order valence-electron chi connectivity index (χ1n) is 18.5. The molecule has 0 amide bonds. The largest absolute Gasteiger partial charge is 0.456 e. The van der Waals surface area contributed by atoms with Crippen LogP contribution in [0.3, 0.4) is 0 Å². The Balaban J connectivity index is 1.05. The molecule has 258 valence electrons. The van der Waals surface area contributed by atoms with Gasteiger partial charge < -0.3 is 13.7 Å². The van der Waals surface area contributed by atoms with Crippen LogP contribution >= 0.6 is 0 Å². The molecule has 11 rings (SSSR count). The normalized spacial score (nSPS) is 11.6. The monoisotopic (exact) mass is 704 g/mol. The molecule has 55 heavy (non-hydrogen) atoms. The zero-order valence-corrected chi connectivity index (χ0v) is 29.7. The van der Waals surface area contributed by atoms with Gasteiger partial charge >= 0.3 is 0 Å². The first-order valence-corrected chi connectivity index (χ1v) is 18.5. The second kappa shape index (κ2) is 12.6. The summed E-state index contributed by atoms with van der Waals surface area (Å²) in [7, 11) is 0. The van der Waals surface area contributed by atoms with Gasteiger partial charge in [0.1, 0.15) is 16.7 Å². The van der Waals surface area contributed by atoms with Crippen molar-refractivity contribution in [3.8, 4) is 33.7 Å². The van der Waals surface area contributed by atoms with Crippen molar-refractivity contribution in [3.05, 3.63) is 194 Å². The van der Waals surface area contributed by atoms with Gasteiger partial charge in [-0.05, 0) is 112 Å². The minimum Gasteiger partial charge on any atom is -0.456 e. The first-order chi connectivity index (χ1) is 27.2. The van der Waals surface area contributed by atoms with Gasteiger partial charge in [-0.2, -0.15) is 0 Å². The highest BCUT2D eigenvalue weighted by atomic mass is 16.3. The molecular formula is C51H32N2O2. The van der Waals surface area contributed by atoms with Crippen molar-refractivity contribution in [2.24, 2.45) is 0 Å². The molecule has 0 fully saturated rings. The van der Waals surface area contributed by atoms with Gasteiger partial charge in [-0.1, -0.05) is 115 Å². The average molecular weight is 705 g/mol. The lowest BCUT2D eigenvalue weighted by molar-refractivity contribution is 0.623. The maximum Gasteiger partial charge on any atom is 0.227 e. The number of aromatic nitrogens is 1. The summed E-state index contributed by atoms with van der Waals surface area (Å²) in [5, 5.41) is 6.59. The third-order valence-corrected chi connectivity index (χ3v) is 10.7. The molecule has 0 atom stereocenters. The van der Waals surface area contributed by atoms with E-state index >= 15 is 0 Å². The van der Waals surface area contributed by atoms with Gasteiger partial charge in [0.2, 0.25) is 5.89 Å². The van der Waals surface area contributed by atoms with Gasteiger partial charge in [0.05, 0.1) is 0 Å². The van der Waals surface area contributed by atoms with Gasteiger partial charge in [-0.15, -0.1) is 0 Å². The van der Waals surface area contributed by atoms with Gasteiger partial charge in [0.25, 0.3) is 0 Å². The Hall–Kier alpha value is -7.43. The molecule has 0 bridgehead atoms. The number of fused-ring (bicyclic) bond motifs is 9. The number of oxazole rings is 1. The van der Waals surface area contributed by atoms with E-state index < -0.39 is 0 Å². The lowest BCUT2D eigenvalue weighted by Gasteiger charge is -2.25. The quantitative estimate of drug-likeness (QED) is 0.162. The molecule has 11 aromatic rings. The number of rotatable bonds is 6. The van der Waals surface area contributed by atoms with Crippen LogP contribution in [-0.4, -0.2) is 4.98 Å². The zero-order valence-electron chi connectivity index (χ0n) is 29.7. The molecule has 0 radical (unpaired) electrons. The van der Waals surface area contributed by atoms with Crippen LogP contribution in [0.5, 0.6) is 0 Å². The molecule has 0 unspecified atom stereocenters. The van der Waals surface area contributed by atoms with Gasteiger partial charge in [-0.25, -0.2) is 4.98 Å². The minimum absolute atomic E-state index is 0.590. The van der Waals surface area contributed by atoms with Crippen molar-refractivity contribution in [1.82, 2.24) is 4.98 Å². The molecule has 0 spiro atoms. The number of benzene rings is 9. The Morgan fingerprint density at radius 3 is 1.58 bits per heavy atom. The predicted octanol–water partition coefficient (Wildman–Crippen LogP) is 14.5. The van der Waals surface area contributed by atoms with Crippen LogP contribution in [0.15, 0.2) is 203 Å². The second-order valence-corrected chi connectivity index (χ2v) is 13.9. The Bertz CT molecular complexity index is 3070. The fourth-order valence-electron chi connectivity index (χ4n) is 8.00. The van der Waals surface area contributed by atoms with Gasteiger partial charge in [-0.3, -0.25) is 0 Å². The van der Waals surface area contributed by atoms with Crippen molar-refractivity contribution in [1.29, 1.82) is 0 Å². The number of nitrogens with zero attached hydrogens (tertiary/aromatic N) is 2. The van der Waals surface area contributed by atoms with E-state index in [1.807, 2.05) is 18.2 Å². The minimum atomic E-state index is 0.590. The molecule has 4 nitrogen and oxygen atoms in total. The summed E-state index contributed by atoms with van der Waals surface area (Å²) < 4.78 is 12.9. The summed E-state index contributed by atoms with van der Waals surface area (Å²) in [6.07, 6.45) is 0. The Labute approximate surface area is 317 Å². The fourth-order valence-corrected chi connectivity index (χ4v) is 8.00. The third kappa shape index (κ3) is 5.26. The van der Waals surface area contributed by atoms with E-state index in [1.54, 1.807) is 0 Å². The van der Waals surface area contributed by atoms with E-state index in [0.717, 1.165) is 82.8 Å². The van der Waals surface area contributed by atoms with Crippen molar-refractivity contribution in [3.63, 3.8) is 0 Å². The van der Waals surface area contributed by atoms with E-state index in [9.17, 15) is 0 Å². The lowest BCUT2D eigenvalue weighted by Crippen LogP contribution is -2.09. The van der Waals surface area contributed by atoms with E-state index in [1.165, 1.54) is 16.7 Å². The molecule has 0 aliphatic carbocycles. The van der Waals surface area contributed by atoms with E-state index in [2.05, 4.69) is 181 Å². The molecule has 9 aromatic carbocycles. The highest BCUT2D eigenvalue weighted by molar-refractivity contribution is 6.24. The summed E-state index contributed by atoms with van der Waals surface area (Å²) in [5.74, 6) is 0.590. The highest BCUT2D eigenvalue weighted by Crippen LogP contribution is 2.42. The summed E-state index contributed by atoms with van der Waals surface area (Å²) in [6.45, 7) is 0. The molecule has 0 aliphatic heterocycles. The molecule has 0 saturated carbocycles. The van der Waals surface area contributed by atoms with Crippen LogP contribution in [0.2, 0.25) is 0 Å². The molecule has 2 aromatic heterocycles. The molecular weight excluding hydrogens is 673 g/mol. The molecule has 0 saturated heterocycles. The molecule has 4 heteroatoms. The standard InChI is InChI=1S/C51H32N2O2/c1-4-12-33(13-5-1)36-22-27-42-44(30-36)45-31-37(34-14-6-2-7-15-34)23-28-43(45)50-49(42)52-51(55-50)35-20-24-39(25-21-35)53(38-16-8-3-9-17-38)40-26-29-48-46(32-40)41-18-10-11-19-47(41)54-48/h1-32H. The number of hydrogen-bond donors (Lipinski definition) is 0. The van der Waals surface area contributed by atoms with Crippen molar-refractivity contribution in [2.45, 2.75) is 0 Å². The van der Waals surface area contributed by atoms with Crippen LogP contribution in [-0.2, 0) is 0 Å². The summed E-state index contributed by atoms with van der Waals surface area (Å²) >= 11 is 0. The van der Waals surface area contributed by atoms with E-state index in [-0.39, 0.29) is 0 Å². The summed E-state index contributed by atoms with van der Waals surface area (Å²) in [4.78, 5) is 7.47. The third-order valence-electron chi connectivity index (χ3n) is 10.7. The summed E-state index contributed by atoms with van der Waals surface area (Å²) in [6, 6.07) is 68.0. The zero-order chi connectivity index (χ0) is 36.3.